The third kappa shape index (κ3) is 1.86. The van der Waals surface area contributed by atoms with Crippen LogP contribution in [0, 0.1) is 6.92 Å². The first kappa shape index (κ1) is 10.1. The van der Waals surface area contributed by atoms with E-state index in [0.29, 0.717) is 11.6 Å². The van der Waals surface area contributed by atoms with Gasteiger partial charge in [0.2, 0.25) is 0 Å². The van der Waals surface area contributed by atoms with E-state index < -0.39 is 0 Å². The molecular weight excluding hydrogens is 212 g/mol. The summed E-state index contributed by atoms with van der Waals surface area (Å²) < 4.78 is 1.64. The molecule has 2 rings (SSSR count). The quantitative estimate of drug-likeness (QED) is 0.841. The fourth-order valence-electron chi connectivity index (χ4n) is 1.44. The third-order valence-electron chi connectivity index (χ3n) is 2.24. The molecule has 0 fully saturated rings. The fraction of sp³-hybridized carbons (Fsp3) is 0.200. The van der Waals surface area contributed by atoms with Crippen molar-refractivity contribution >= 4 is 11.6 Å². The summed E-state index contributed by atoms with van der Waals surface area (Å²) in [6.45, 7) is 2.44. The van der Waals surface area contributed by atoms with Gasteiger partial charge in [-0.05, 0) is 18.6 Å². The summed E-state index contributed by atoms with van der Waals surface area (Å²) in [6, 6.07) is 1.93. The van der Waals surface area contributed by atoms with Gasteiger partial charge in [0.25, 0.3) is 0 Å². The number of hydrogen-bond acceptors (Lipinski definition) is 3. The zero-order valence-electron chi connectivity index (χ0n) is 8.31. The van der Waals surface area contributed by atoms with E-state index in [4.69, 9.17) is 17.3 Å². The van der Waals surface area contributed by atoms with E-state index in [1.165, 1.54) is 0 Å². The second-order valence-electron chi connectivity index (χ2n) is 3.24. The van der Waals surface area contributed by atoms with Gasteiger partial charge >= 0.3 is 0 Å². The lowest BCUT2D eigenvalue weighted by molar-refractivity contribution is 0.819. The Morgan fingerprint density at radius 2 is 2.33 bits per heavy atom. The lowest BCUT2D eigenvalue weighted by atomic mass is 10.1. The van der Waals surface area contributed by atoms with Crippen molar-refractivity contribution in [1.82, 2.24) is 14.8 Å². The first-order valence-corrected chi connectivity index (χ1v) is 4.95. The van der Waals surface area contributed by atoms with Crippen LogP contribution >= 0.6 is 11.6 Å². The molecule has 5 heteroatoms. The van der Waals surface area contributed by atoms with Crippen molar-refractivity contribution in [2.45, 2.75) is 13.5 Å². The number of aryl methyl sites for hydroxylation is 1. The monoisotopic (exact) mass is 222 g/mol. The van der Waals surface area contributed by atoms with E-state index >= 15 is 0 Å². The second-order valence-corrected chi connectivity index (χ2v) is 3.67. The van der Waals surface area contributed by atoms with Gasteiger partial charge in [-0.25, -0.2) is 9.67 Å². The molecule has 0 aliphatic heterocycles. The Hall–Kier alpha value is -1.39. The number of pyridine rings is 1. The Labute approximate surface area is 92.7 Å². The molecule has 0 atom stereocenters. The maximum absolute atomic E-state index is 5.80. The Balaban J connectivity index is 2.57. The summed E-state index contributed by atoms with van der Waals surface area (Å²) in [5.41, 5.74) is 7.77. The molecule has 0 amide bonds. The summed E-state index contributed by atoms with van der Waals surface area (Å²) in [5.74, 6) is 0.740. The molecule has 4 nitrogen and oxygen atoms in total. The minimum absolute atomic E-state index is 0.437. The van der Waals surface area contributed by atoms with E-state index in [9.17, 15) is 0 Å². The van der Waals surface area contributed by atoms with E-state index in [-0.39, 0.29) is 0 Å². The standard InChI is InChI=1S/C10H11ClN4/c1-7-2-3-13-10(9(7)4-12)15-6-8(11)5-14-15/h2-3,5-6H,4,12H2,1H3. The van der Waals surface area contributed by atoms with Crippen LogP contribution in [0.3, 0.4) is 0 Å². The van der Waals surface area contributed by atoms with E-state index in [1.807, 2.05) is 13.0 Å². The van der Waals surface area contributed by atoms with Crippen molar-refractivity contribution in [1.29, 1.82) is 0 Å². The second kappa shape index (κ2) is 4.00. The van der Waals surface area contributed by atoms with E-state index in [0.717, 1.165) is 16.9 Å². The highest BCUT2D eigenvalue weighted by Crippen LogP contribution is 2.16. The average Bonchev–Trinajstić information content (AvgIpc) is 2.64. The first-order valence-electron chi connectivity index (χ1n) is 4.57. The normalized spacial score (nSPS) is 10.6. The Bertz CT molecular complexity index is 478. The molecule has 0 unspecified atom stereocenters. The molecule has 0 aliphatic carbocycles. The zero-order valence-corrected chi connectivity index (χ0v) is 9.07. The predicted octanol–water partition coefficient (Wildman–Crippen LogP) is 1.69. The van der Waals surface area contributed by atoms with Gasteiger partial charge in [-0.1, -0.05) is 11.6 Å². The molecule has 0 radical (unpaired) electrons. The Kier molecular flexibility index (Phi) is 2.70. The number of aromatic nitrogens is 3. The van der Waals surface area contributed by atoms with Gasteiger partial charge in [0.1, 0.15) is 0 Å². The summed E-state index contributed by atoms with van der Waals surface area (Å²) in [4.78, 5) is 4.26. The van der Waals surface area contributed by atoms with Crippen LogP contribution in [-0.4, -0.2) is 14.8 Å². The lowest BCUT2D eigenvalue weighted by Crippen LogP contribution is -2.08. The van der Waals surface area contributed by atoms with Crippen molar-refractivity contribution in [3.05, 3.63) is 40.8 Å². The predicted molar refractivity (Wildman–Crippen MR) is 59.0 cm³/mol. The third-order valence-corrected chi connectivity index (χ3v) is 2.43. The van der Waals surface area contributed by atoms with Crippen LogP contribution in [0.4, 0.5) is 0 Å². The van der Waals surface area contributed by atoms with Crippen LogP contribution in [0.5, 0.6) is 0 Å². The van der Waals surface area contributed by atoms with Gasteiger partial charge < -0.3 is 5.73 Å². The Morgan fingerprint density at radius 3 is 2.93 bits per heavy atom. The number of rotatable bonds is 2. The topological polar surface area (TPSA) is 56.7 Å². The summed E-state index contributed by atoms with van der Waals surface area (Å²) in [5, 5.41) is 4.69. The van der Waals surface area contributed by atoms with Crippen LogP contribution in [0.2, 0.25) is 5.02 Å². The maximum atomic E-state index is 5.80. The van der Waals surface area contributed by atoms with Crippen LogP contribution in [0.1, 0.15) is 11.1 Å². The number of hydrogen-bond donors (Lipinski definition) is 1. The molecule has 2 N–H and O–H groups in total. The zero-order chi connectivity index (χ0) is 10.8. The molecule has 0 bridgehead atoms. The molecule has 2 aromatic rings. The van der Waals surface area contributed by atoms with Crippen LogP contribution in [0.25, 0.3) is 5.82 Å². The van der Waals surface area contributed by atoms with Crippen LogP contribution in [0.15, 0.2) is 24.7 Å². The highest BCUT2D eigenvalue weighted by atomic mass is 35.5. The van der Waals surface area contributed by atoms with E-state index in [1.54, 1.807) is 23.3 Å². The molecule has 2 aromatic heterocycles. The minimum Gasteiger partial charge on any atom is -0.326 e. The van der Waals surface area contributed by atoms with E-state index in [2.05, 4.69) is 10.1 Å². The highest BCUT2D eigenvalue weighted by molar-refractivity contribution is 6.30. The lowest BCUT2D eigenvalue weighted by Gasteiger charge is -2.08. The largest absolute Gasteiger partial charge is 0.326 e. The molecule has 2 heterocycles. The molecule has 78 valence electrons. The van der Waals surface area contributed by atoms with Crippen molar-refractivity contribution in [2.75, 3.05) is 0 Å². The maximum Gasteiger partial charge on any atom is 0.158 e. The molecule has 15 heavy (non-hydrogen) atoms. The van der Waals surface area contributed by atoms with Crippen molar-refractivity contribution < 1.29 is 0 Å². The van der Waals surface area contributed by atoms with Crippen molar-refractivity contribution in [3.63, 3.8) is 0 Å². The highest BCUT2D eigenvalue weighted by Gasteiger charge is 2.08. The van der Waals surface area contributed by atoms with Gasteiger partial charge in [-0.2, -0.15) is 5.10 Å². The Morgan fingerprint density at radius 1 is 1.53 bits per heavy atom. The summed E-state index contributed by atoms with van der Waals surface area (Å²) in [7, 11) is 0. The van der Waals surface area contributed by atoms with Gasteiger partial charge in [0.15, 0.2) is 5.82 Å². The molecule has 0 saturated carbocycles. The van der Waals surface area contributed by atoms with Crippen LogP contribution < -0.4 is 5.73 Å². The molecule has 0 aromatic carbocycles. The fourth-order valence-corrected chi connectivity index (χ4v) is 1.58. The van der Waals surface area contributed by atoms with Crippen molar-refractivity contribution in [3.8, 4) is 5.82 Å². The van der Waals surface area contributed by atoms with Crippen molar-refractivity contribution in [2.24, 2.45) is 5.73 Å². The number of halogens is 1. The SMILES string of the molecule is Cc1ccnc(-n2cc(Cl)cn2)c1CN. The average molecular weight is 223 g/mol. The molecule has 0 saturated heterocycles. The minimum atomic E-state index is 0.437. The molecule has 0 aliphatic rings. The van der Waals surface area contributed by atoms with Gasteiger partial charge in [0.05, 0.1) is 17.4 Å². The molecule has 0 spiro atoms. The first-order chi connectivity index (χ1) is 7.22. The van der Waals surface area contributed by atoms with Gasteiger partial charge in [-0.15, -0.1) is 0 Å². The number of nitrogens with zero attached hydrogens (tertiary/aromatic N) is 3. The van der Waals surface area contributed by atoms with Crippen LogP contribution in [-0.2, 0) is 6.54 Å². The smallest absolute Gasteiger partial charge is 0.158 e. The van der Waals surface area contributed by atoms with Gasteiger partial charge in [0, 0.05) is 18.3 Å². The van der Waals surface area contributed by atoms with Gasteiger partial charge in [-0.3, -0.25) is 0 Å². The number of nitrogens with two attached hydrogens (primary N) is 1. The molecular formula is C10H11ClN4. The summed E-state index contributed by atoms with van der Waals surface area (Å²) >= 11 is 5.80. The summed E-state index contributed by atoms with van der Waals surface area (Å²) in [6.07, 6.45) is 5.02.